The third-order valence-corrected chi connectivity index (χ3v) is 4.23. The monoisotopic (exact) mass is 403 g/mol. The Morgan fingerprint density at radius 1 is 1.17 bits per heavy atom. The second-order valence-corrected chi connectivity index (χ2v) is 6.08. The van der Waals surface area contributed by atoms with Gasteiger partial charge in [0.2, 0.25) is 5.78 Å². The minimum Gasteiger partial charge on any atom is -0.461 e. The Hall–Kier alpha value is -3.69. The molecule has 0 aliphatic rings. The summed E-state index contributed by atoms with van der Waals surface area (Å²) in [5.41, 5.74) is 1.21. The Morgan fingerprint density at radius 2 is 1.86 bits per heavy atom. The molecule has 1 aromatic carbocycles. The third kappa shape index (κ3) is 4.60. The van der Waals surface area contributed by atoms with Crippen molar-refractivity contribution in [3.63, 3.8) is 0 Å². The number of Topliss-reactive ketones (excluding diaryl/α,β-unsaturated/α-hetero) is 1. The third-order valence-electron chi connectivity index (χ3n) is 4.23. The van der Waals surface area contributed by atoms with E-state index in [-0.39, 0.29) is 29.1 Å². The first-order valence-electron chi connectivity index (χ1n) is 8.74. The van der Waals surface area contributed by atoms with Crippen molar-refractivity contribution in [3.8, 4) is 0 Å². The number of rotatable bonds is 8. The number of esters is 2. The zero-order valence-corrected chi connectivity index (χ0v) is 16.5. The number of benzene rings is 1. The number of H-pyrrole nitrogens is 1. The Bertz CT molecular complexity index is 978. The number of carbonyl (C=O) groups excluding carboxylic acids is 3. The van der Waals surface area contributed by atoms with Crippen molar-refractivity contribution in [1.82, 2.24) is 4.98 Å². The van der Waals surface area contributed by atoms with Gasteiger partial charge in [-0.25, -0.2) is 9.59 Å². The average molecular weight is 403 g/mol. The van der Waals surface area contributed by atoms with E-state index in [1.165, 1.54) is 12.1 Å². The fourth-order valence-electron chi connectivity index (χ4n) is 2.89. The van der Waals surface area contributed by atoms with Gasteiger partial charge in [-0.15, -0.1) is 0 Å². The average Bonchev–Trinajstić information content (AvgIpc) is 2.99. The molecule has 0 radical (unpaired) electrons. The number of nitro groups is 1. The van der Waals surface area contributed by atoms with Gasteiger partial charge < -0.3 is 19.8 Å². The summed E-state index contributed by atoms with van der Waals surface area (Å²) in [5, 5.41) is 13.7. The number of hydrogen-bond donors (Lipinski definition) is 2. The van der Waals surface area contributed by atoms with Crippen molar-refractivity contribution >= 4 is 29.1 Å². The van der Waals surface area contributed by atoms with Crippen molar-refractivity contribution in [1.29, 1.82) is 0 Å². The molecule has 2 rings (SSSR count). The molecule has 1 heterocycles. The lowest BCUT2D eigenvalue weighted by molar-refractivity contribution is -0.384. The van der Waals surface area contributed by atoms with E-state index >= 15 is 0 Å². The van der Waals surface area contributed by atoms with Crippen molar-refractivity contribution in [2.75, 3.05) is 25.6 Å². The highest BCUT2D eigenvalue weighted by Gasteiger charge is 2.24. The molecule has 10 nitrogen and oxygen atoms in total. The second kappa shape index (κ2) is 9.00. The summed E-state index contributed by atoms with van der Waals surface area (Å²) in [4.78, 5) is 50.0. The molecule has 0 unspecified atom stereocenters. The molecule has 29 heavy (non-hydrogen) atoms. The minimum atomic E-state index is -0.886. The Kier molecular flexibility index (Phi) is 6.71. The molecule has 0 bridgehead atoms. The number of anilines is 1. The van der Waals surface area contributed by atoms with Crippen LogP contribution in [0.4, 0.5) is 11.4 Å². The number of nitrogens with zero attached hydrogens (tertiary/aromatic N) is 1. The number of aromatic amines is 1. The van der Waals surface area contributed by atoms with Crippen LogP contribution >= 0.6 is 0 Å². The number of carbonyl (C=O) groups is 3. The topological polar surface area (TPSA) is 141 Å². The molecular weight excluding hydrogens is 382 g/mol. The lowest BCUT2D eigenvalue weighted by Crippen LogP contribution is -2.16. The number of nitro benzene ring substituents is 1. The molecule has 2 N–H and O–H groups in total. The van der Waals surface area contributed by atoms with E-state index in [0.29, 0.717) is 16.9 Å². The number of nitrogens with one attached hydrogen (secondary N) is 2. The Morgan fingerprint density at radius 3 is 2.45 bits per heavy atom. The highest BCUT2D eigenvalue weighted by atomic mass is 16.6. The molecule has 0 saturated heterocycles. The molecule has 0 amide bonds. The van der Waals surface area contributed by atoms with Gasteiger partial charge in [-0.1, -0.05) is 0 Å². The van der Waals surface area contributed by atoms with Crippen LogP contribution in [-0.2, 0) is 9.47 Å². The minimum absolute atomic E-state index is 0.0655. The molecule has 0 spiro atoms. The maximum absolute atomic E-state index is 12.6. The van der Waals surface area contributed by atoms with Crippen molar-refractivity contribution in [2.45, 2.75) is 20.8 Å². The smallest absolute Gasteiger partial charge is 0.355 e. The SMILES string of the molecule is CCOC(=O)c1[nH]c(C)c(C(=O)COC(=O)c2cc([N+](=O)[O-])ccc2NC)c1C. The fraction of sp³-hybridized carbons (Fsp3) is 0.316. The number of ketones is 1. The molecule has 0 saturated carbocycles. The van der Waals surface area contributed by atoms with E-state index in [9.17, 15) is 24.5 Å². The lowest BCUT2D eigenvalue weighted by atomic mass is 10.1. The maximum Gasteiger partial charge on any atom is 0.355 e. The standard InChI is InChI=1S/C19H21N3O7/c1-5-28-19(25)17-10(2)16(11(3)21-17)15(23)9-29-18(24)13-8-12(22(26)27)6-7-14(13)20-4/h6-8,20-21H,5,9H2,1-4H3. The molecule has 154 valence electrons. The van der Waals surface area contributed by atoms with Gasteiger partial charge in [0.05, 0.1) is 17.1 Å². The van der Waals surface area contributed by atoms with E-state index in [1.807, 2.05) is 0 Å². The van der Waals surface area contributed by atoms with Gasteiger partial charge in [0.15, 0.2) is 6.61 Å². The first-order chi connectivity index (χ1) is 13.7. The Labute approximate surface area is 166 Å². The summed E-state index contributed by atoms with van der Waals surface area (Å²) in [6.45, 7) is 4.47. The Balaban J connectivity index is 2.20. The van der Waals surface area contributed by atoms with Crippen LogP contribution in [0, 0.1) is 24.0 Å². The highest BCUT2D eigenvalue weighted by molar-refractivity contribution is 6.04. The number of non-ortho nitro benzene ring substituents is 1. The van der Waals surface area contributed by atoms with Crippen LogP contribution in [0.1, 0.15) is 49.4 Å². The van der Waals surface area contributed by atoms with Gasteiger partial charge >= 0.3 is 11.9 Å². The quantitative estimate of drug-likeness (QED) is 0.297. The van der Waals surface area contributed by atoms with E-state index in [4.69, 9.17) is 9.47 Å². The first-order valence-corrected chi connectivity index (χ1v) is 8.74. The summed E-state index contributed by atoms with van der Waals surface area (Å²) in [6, 6.07) is 3.70. The first kappa shape index (κ1) is 21.6. The predicted molar refractivity (Wildman–Crippen MR) is 103 cm³/mol. The number of aryl methyl sites for hydroxylation is 1. The lowest BCUT2D eigenvalue weighted by Gasteiger charge is -2.09. The fourth-order valence-corrected chi connectivity index (χ4v) is 2.89. The zero-order valence-electron chi connectivity index (χ0n) is 16.5. The van der Waals surface area contributed by atoms with E-state index in [1.54, 1.807) is 27.8 Å². The highest BCUT2D eigenvalue weighted by Crippen LogP contribution is 2.23. The van der Waals surface area contributed by atoms with Crippen molar-refractivity contribution < 1.29 is 28.8 Å². The summed E-state index contributed by atoms with van der Waals surface area (Å²) in [6.07, 6.45) is 0. The summed E-state index contributed by atoms with van der Waals surface area (Å²) in [7, 11) is 1.55. The zero-order chi connectivity index (χ0) is 21.7. The molecular formula is C19H21N3O7. The van der Waals surface area contributed by atoms with Gasteiger partial charge in [0.1, 0.15) is 5.69 Å². The summed E-state index contributed by atoms with van der Waals surface area (Å²) in [5.74, 6) is -1.99. The van der Waals surface area contributed by atoms with Crippen LogP contribution in [0.5, 0.6) is 0 Å². The molecule has 0 aliphatic carbocycles. The van der Waals surface area contributed by atoms with Crippen LogP contribution < -0.4 is 5.32 Å². The summed E-state index contributed by atoms with van der Waals surface area (Å²) < 4.78 is 10.0. The molecule has 2 aromatic rings. The van der Waals surface area contributed by atoms with Crippen molar-refractivity contribution in [2.24, 2.45) is 0 Å². The van der Waals surface area contributed by atoms with Gasteiger partial charge in [0, 0.05) is 36.1 Å². The van der Waals surface area contributed by atoms with Gasteiger partial charge in [-0.05, 0) is 32.4 Å². The molecule has 0 aliphatic heterocycles. The van der Waals surface area contributed by atoms with E-state index in [2.05, 4.69) is 10.3 Å². The number of aromatic nitrogens is 1. The number of hydrogen-bond acceptors (Lipinski definition) is 8. The predicted octanol–water partition coefficient (Wildman–Crippen LogP) is 2.80. The van der Waals surface area contributed by atoms with Gasteiger partial charge in [-0.3, -0.25) is 14.9 Å². The summed E-state index contributed by atoms with van der Waals surface area (Å²) >= 11 is 0. The van der Waals surface area contributed by atoms with Crippen LogP contribution in [0.25, 0.3) is 0 Å². The largest absolute Gasteiger partial charge is 0.461 e. The second-order valence-electron chi connectivity index (χ2n) is 6.08. The molecule has 0 atom stereocenters. The number of ether oxygens (including phenoxy) is 2. The molecule has 1 aromatic heterocycles. The van der Waals surface area contributed by atoms with Crippen LogP contribution in [0.3, 0.4) is 0 Å². The maximum atomic E-state index is 12.6. The van der Waals surface area contributed by atoms with Crippen LogP contribution in [-0.4, -0.2) is 47.9 Å². The molecule has 10 heteroatoms. The van der Waals surface area contributed by atoms with E-state index < -0.39 is 29.3 Å². The molecule has 0 fully saturated rings. The van der Waals surface area contributed by atoms with Crippen LogP contribution in [0.2, 0.25) is 0 Å². The van der Waals surface area contributed by atoms with Gasteiger partial charge in [-0.2, -0.15) is 0 Å². The van der Waals surface area contributed by atoms with E-state index in [0.717, 1.165) is 6.07 Å². The van der Waals surface area contributed by atoms with Gasteiger partial charge in [0.25, 0.3) is 5.69 Å². The normalized spacial score (nSPS) is 10.3. The van der Waals surface area contributed by atoms with Crippen molar-refractivity contribution in [3.05, 3.63) is 56.4 Å². The van der Waals surface area contributed by atoms with Crippen LogP contribution in [0.15, 0.2) is 18.2 Å².